The molecule has 1 fully saturated rings. The van der Waals surface area contributed by atoms with Crippen LogP contribution >= 0.6 is 28.3 Å². The van der Waals surface area contributed by atoms with Gasteiger partial charge in [0.2, 0.25) is 5.91 Å². The molecular weight excluding hydrogens is 401 g/mol. The molecule has 1 unspecified atom stereocenters. The number of carbonyl (C=O) groups is 2. The Labute approximate surface area is 155 Å². The lowest BCUT2D eigenvalue weighted by Crippen LogP contribution is -2.45. The van der Waals surface area contributed by atoms with Crippen LogP contribution in [0.25, 0.3) is 0 Å². The van der Waals surface area contributed by atoms with Gasteiger partial charge in [0.1, 0.15) is 5.82 Å². The minimum Gasteiger partial charge on any atom is -0.356 e. The van der Waals surface area contributed by atoms with E-state index >= 15 is 0 Å². The molecule has 134 valence electrons. The van der Waals surface area contributed by atoms with E-state index in [2.05, 4.69) is 21.2 Å². The SMILES string of the molecule is Cl.NCCCNC(=O)C1CCCN(C(=O)c2ccc(Br)c(F)c2)C1. The van der Waals surface area contributed by atoms with Gasteiger partial charge in [-0.25, -0.2) is 4.39 Å². The molecule has 2 rings (SSSR count). The van der Waals surface area contributed by atoms with Gasteiger partial charge in [-0.15, -0.1) is 12.4 Å². The van der Waals surface area contributed by atoms with Crippen molar-refractivity contribution in [3.63, 3.8) is 0 Å². The van der Waals surface area contributed by atoms with Crippen molar-refractivity contribution < 1.29 is 14.0 Å². The van der Waals surface area contributed by atoms with Crippen molar-refractivity contribution in [2.75, 3.05) is 26.2 Å². The van der Waals surface area contributed by atoms with E-state index in [4.69, 9.17) is 5.73 Å². The van der Waals surface area contributed by atoms with Crippen molar-refractivity contribution >= 4 is 40.2 Å². The van der Waals surface area contributed by atoms with Crippen LogP contribution in [0.5, 0.6) is 0 Å². The molecule has 1 heterocycles. The van der Waals surface area contributed by atoms with Crippen LogP contribution < -0.4 is 11.1 Å². The summed E-state index contributed by atoms with van der Waals surface area (Å²) < 4.78 is 13.9. The van der Waals surface area contributed by atoms with E-state index in [0.29, 0.717) is 36.2 Å². The average Bonchev–Trinajstić information content (AvgIpc) is 2.57. The van der Waals surface area contributed by atoms with Gasteiger partial charge in [-0.1, -0.05) is 0 Å². The molecule has 5 nitrogen and oxygen atoms in total. The number of piperidine rings is 1. The summed E-state index contributed by atoms with van der Waals surface area (Å²) in [5.41, 5.74) is 5.70. The van der Waals surface area contributed by atoms with Crippen LogP contribution in [-0.4, -0.2) is 42.9 Å². The molecule has 2 amide bonds. The second kappa shape index (κ2) is 9.96. The molecule has 1 atom stereocenters. The Morgan fingerprint density at radius 2 is 2.17 bits per heavy atom. The molecule has 0 aromatic heterocycles. The predicted octanol–water partition coefficient (Wildman–Crippen LogP) is 2.33. The maximum Gasteiger partial charge on any atom is 0.253 e. The Morgan fingerprint density at radius 3 is 2.83 bits per heavy atom. The van der Waals surface area contributed by atoms with E-state index in [1.807, 2.05) is 0 Å². The maximum atomic E-state index is 13.6. The second-order valence-corrected chi connectivity index (χ2v) is 6.51. The minimum absolute atomic E-state index is 0. The number of amides is 2. The molecule has 1 aliphatic rings. The van der Waals surface area contributed by atoms with E-state index in [-0.39, 0.29) is 30.1 Å². The van der Waals surface area contributed by atoms with Gasteiger partial charge in [0.05, 0.1) is 10.4 Å². The Morgan fingerprint density at radius 1 is 1.42 bits per heavy atom. The van der Waals surface area contributed by atoms with Gasteiger partial charge < -0.3 is 16.0 Å². The lowest BCUT2D eigenvalue weighted by atomic mass is 9.96. The number of hydrogen-bond acceptors (Lipinski definition) is 3. The van der Waals surface area contributed by atoms with Crippen LogP contribution in [0.1, 0.15) is 29.6 Å². The molecule has 3 N–H and O–H groups in total. The van der Waals surface area contributed by atoms with Gasteiger partial charge in [0, 0.05) is 25.2 Å². The van der Waals surface area contributed by atoms with E-state index in [9.17, 15) is 14.0 Å². The zero-order valence-electron chi connectivity index (χ0n) is 13.3. The first-order chi connectivity index (χ1) is 11.0. The van der Waals surface area contributed by atoms with Crippen molar-refractivity contribution in [3.05, 3.63) is 34.1 Å². The van der Waals surface area contributed by atoms with Crippen molar-refractivity contribution in [3.8, 4) is 0 Å². The number of nitrogens with one attached hydrogen (secondary N) is 1. The van der Waals surface area contributed by atoms with Gasteiger partial charge in [-0.3, -0.25) is 9.59 Å². The summed E-state index contributed by atoms with van der Waals surface area (Å²) in [7, 11) is 0. The third kappa shape index (κ3) is 5.43. The van der Waals surface area contributed by atoms with E-state index in [1.165, 1.54) is 12.1 Å². The maximum absolute atomic E-state index is 13.6. The van der Waals surface area contributed by atoms with E-state index < -0.39 is 5.82 Å². The lowest BCUT2D eigenvalue weighted by molar-refractivity contribution is -0.126. The number of benzene rings is 1. The molecule has 1 saturated heterocycles. The summed E-state index contributed by atoms with van der Waals surface area (Å²) in [6, 6.07) is 4.32. The largest absolute Gasteiger partial charge is 0.356 e. The highest BCUT2D eigenvalue weighted by molar-refractivity contribution is 9.10. The van der Waals surface area contributed by atoms with Gasteiger partial charge in [0.25, 0.3) is 5.91 Å². The van der Waals surface area contributed by atoms with Crippen LogP contribution in [0.2, 0.25) is 0 Å². The van der Waals surface area contributed by atoms with Gasteiger partial charge in [-0.2, -0.15) is 0 Å². The Bertz CT molecular complexity index is 588. The smallest absolute Gasteiger partial charge is 0.253 e. The van der Waals surface area contributed by atoms with E-state index in [1.54, 1.807) is 11.0 Å². The van der Waals surface area contributed by atoms with Gasteiger partial charge in [-0.05, 0) is 59.9 Å². The number of nitrogens with two attached hydrogens (primary N) is 1. The van der Waals surface area contributed by atoms with Crippen LogP contribution in [0.4, 0.5) is 4.39 Å². The Hall–Kier alpha value is -1.18. The third-order valence-corrected chi connectivity index (χ3v) is 4.57. The zero-order valence-corrected chi connectivity index (χ0v) is 15.7. The summed E-state index contributed by atoms with van der Waals surface area (Å²) in [5.74, 6) is -0.969. The van der Waals surface area contributed by atoms with Crippen molar-refractivity contribution in [2.24, 2.45) is 11.7 Å². The number of likely N-dealkylation sites (tertiary alicyclic amines) is 1. The van der Waals surface area contributed by atoms with Gasteiger partial charge >= 0.3 is 0 Å². The quantitative estimate of drug-likeness (QED) is 0.715. The topological polar surface area (TPSA) is 75.4 Å². The number of hydrogen-bond donors (Lipinski definition) is 2. The molecule has 0 saturated carbocycles. The molecule has 0 aliphatic carbocycles. The fraction of sp³-hybridized carbons (Fsp3) is 0.500. The molecule has 1 aromatic carbocycles. The van der Waals surface area contributed by atoms with Crippen molar-refractivity contribution in [1.82, 2.24) is 10.2 Å². The number of carbonyl (C=O) groups excluding carboxylic acids is 2. The summed E-state index contributed by atoms with van der Waals surface area (Å²) in [4.78, 5) is 26.2. The Balaban J connectivity index is 0.00000288. The Kier molecular flexibility index (Phi) is 8.66. The third-order valence-electron chi connectivity index (χ3n) is 3.93. The number of nitrogens with zero attached hydrogens (tertiary/aromatic N) is 1. The zero-order chi connectivity index (χ0) is 16.8. The first kappa shape index (κ1) is 20.9. The summed E-state index contributed by atoms with van der Waals surface area (Å²) in [6.45, 7) is 2.04. The fourth-order valence-corrected chi connectivity index (χ4v) is 2.89. The van der Waals surface area contributed by atoms with Crippen LogP contribution in [0.3, 0.4) is 0 Å². The molecule has 0 bridgehead atoms. The van der Waals surface area contributed by atoms with Crippen LogP contribution in [-0.2, 0) is 4.79 Å². The normalized spacial score (nSPS) is 17.1. The molecule has 24 heavy (non-hydrogen) atoms. The van der Waals surface area contributed by atoms with Gasteiger partial charge in [0.15, 0.2) is 0 Å². The van der Waals surface area contributed by atoms with Crippen LogP contribution in [0, 0.1) is 11.7 Å². The molecular formula is C16H22BrClFN3O2. The first-order valence-electron chi connectivity index (χ1n) is 7.75. The minimum atomic E-state index is -0.469. The number of halogens is 3. The second-order valence-electron chi connectivity index (χ2n) is 5.65. The van der Waals surface area contributed by atoms with Crippen LogP contribution in [0.15, 0.2) is 22.7 Å². The van der Waals surface area contributed by atoms with E-state index in [0.717, 1.165) is 19.3 Å². The highest BCUT2D eigenvalue weighted by atomic mass is 79.9. The highest BCUT2D eigenvalue weighted by Crippen LogP contribution is 2.21. The summed E-state index contributed by atoms with van der Waals surface area (Å²) >= 11 is 3.07. The monoisotopic (exact) mass is 421 g/mol. The lowest BCUT2D eigenvalue weighted by Gasteiger charge is -2.32. The van der Waals surface area contributed by atoms with Crippen molar-refractivity contribution in [1.29, 1.82) is 0 Å². The molecule has 8 heteroatoms. The molecule has 0 spiro atoms. The number of rotatable bonds is 5. The first-order valence-corrected chi connectivity index (χ1v) is 8.54. The molecule has 1 aliphatic heterocycles. The van der Waals surface area contributed by atoms with Crippen molar-refractivity contribution in [2.45, 2.75) is 19.3 Å². The predicted molar refractivity (Wildman–Crippen MR) is 96.7 cm³/mol. The standard InChI is InChI=1S/C16H21BrFN3O2.ClH/c17-13-5-4-11(9-14(13)18)16(23)21-8-1-3-12(10-21)15(22)20-7-2-6-19;/h4-5,9,12H,1-3,6-8,10,19H2,(H,20,22);1H. The molecule has 1 aromatic rings. The highest BCUT2D eigenvalue weighted by Gasteiger charge is 2.28. The average molecular weight is 423 g/mol. The summed E-state index contributed by atoms with van der Waals surface area (Å²) in [6.07, 6.45) is 2.26. The summed E-state index contributed by atoms with van der Waals surface area (Å²) in [5, 5.41) is 2.85. The fourth-order valence-electron chi connectivity index (χ4n) is 2.65. The molecule has 0 radical (unpaired) electrons.